The van der Waals surface area contributed by atoms with Crippen LogP contribution < -0.4 is 5.32 Å². The third-order valence-electron chi connectivity index (χ3n) is 3.02. The number of hydrogen-bond donors (Lipinski definition) is 2. The summed E-state index contributed by atoms with van der Waals surface area (Å²) in [6.07, 6.45) is 8.81. The molecule has 0 saturated carbocycles. The number of nitrogens with zero attached hydrogens (tertiary/aromatic N) is 1. The van der Waals surface area contributed by atoms with Gasteiger partial charge in [0.25, 0.3) is 0 Å². The fourth-order valence-corrected chi connectivity index (χ4v) is 2.32. The zero-order chi connectivity index (χ0) is 14.1. The van der Waals surface area contributed by atoms with E-state index >= 15 is 0 Å². The Balaban J connectivity index is 0.000000509. The molecule has 0 aromatic heterocycles. The van der Waals surface area contributed by atoms with Gasteiger partial charge in [0.15, 0.2) is 0 Å². The molecule has 2 rings (SSSR count). The van der Waals surface area contributed by atoms with Crippen LogP contribution in [0.25, 0.3) is 0 Å². The van der Waals surface area contributed by atoms with Crippen molar-refractivity contribution in [2.75, 3.05) is 35.4 Å². The van der Waals surface area contributed by atoms with Crippen molar-refractivity contribution in [3.63, 3.8) is 0 Å². The lowest BCUT2D eigenvalue weighted by Crippen LogP contribution is -2.32. The number of allylic oxidation sites excluding steroid dienone is 2. The summed E-state index contributed by atoms with van der Waals surface area (Å²) < 4.78 is 4.25. The summed E-state index contributed by atoms with van der Waals surface area (Å²) in [6.45, 7) is 2.20. The molecule has 1 heterocycles. The molecule has 0 spiro atoms. The molecule has 1 aliphatic carbocycles. The van der Waals surface area contributed by atoms with E-state index in [4.69, 9.17) is 5.11 Å². The molecule has 2 unspecified atom stereocenters. The maximum atomic E-state index is 7.00. The zero-order valence-corrected chi connectivity index (χ0v) is 12.3. The molecule has 0 amide bonds. The highest BCUT2D eigenvalue weighted by molar-refractivity contribution is 5.34. The average molecular weight is 254 g/mol. The SMILES string of the molecule is CNC1=C(C)C2C=CC=CC2N1C.CO.COC. The molecule has 104 valence electrons. The molecule has 0 aromatic carbocycles. The number of methoxy groups -OCH3 is 1. The van der Waals surface area contributed by atoms with E-state index in [9.17, 15) is 0 Å². The molecule has 0 aromatic rings. The number of aliphatic hydroxyl groups excluding tert-OH is 1. The Labute approximate surface area is 111 Å². The van der Waals surface area contributed by atoms with E-state index in [1.165, 1.54) is 11.4 Å². The van der Waals surface area contributed by atoms with Crippen molar-refractivity contribution in [2.24, 2.45) is 5.92 Å². The minimum absolute atomic E-state index is 0.521. The first-order valence-electron chi connectivity index (χ1n) is 5.98. The van der Waals surface area contributed by atoms with Crippen LogP contribution in [0.15, 0.2) is 35.7 Å². The Morgan fingerprint density at radius 3 is 2.17 bits per heavy atom. The molecule has 0 bridgehead atoms. The van der Waals surface area contributed by atoms with Gasteiger partial charge in [0.1, 0.15) is 5.82 Å². The predicted octanol–water partition coefficient (Wildman–Crippen LogP) is 1.36. The fourth-order valence-electron chi connectivity index (χ4n) is 2.32. The van der Waals surface area contributed by atoms with E-state index in [0.29, 0.717) is 12.0 Å². The second-order valence-corrected chi connectivity index (χ2v) is 4.09. The van der Waals surface area contributed by atoms with Crippen LogP contribution in [-0.4, -0.2) is 51.5 Å². The van der Waals surface area contributed by atoms with Gasteiger partial charge in [-0.15, -0.1) is 0 Å². The summed E-state index contributed by atoms with van der Waals surface area (Å²) in [5.41, 5.74) is 1.44. The van der Waals surface area contributed by atoms with Crippen molar-refractivity contribution < 1.29 is 9.84 Å². The summed E-state index contributed by atoms with van der Waals surface area (Å²) in [7, 11) is 8.38. The van der Waals surface area contributed by atoms with Crippen LogP contribution in [0.5, 0.6) is 0 Å². The number of fused-ring (bicyclic) bond motifs is 1. The van der Waals surface area contributed by atoms with E-state index in [2.05, 4.69) is 53.2 Å². The fraction of sp³-hybridized carbons (Fsp3) is 0.571. The number of hydrogen-bond acceptors (Lipinski definition) is 4. The van der Waals surface area contributed by atoms with Gasteiger partial charge in [0.05, 0.1) is 6.04 Å². The Kier molecular flexibility index (Phi) is 8.16. The van der Waals surface area contributed by atoms with Crippen molar-refractivity contribution in [2.45, 2.75) is 13.0 Å². The number of nitrogens with one attached hydrogen (secondary N) is 1. The number of ether oxygens (including phenoxy) is 1. The van der Waals surface area contributed by atoms with E-state index in [-0.39, 0.29) is 0 Å². The highest BCUT2D eigenvalue weighted by atomic mass is 16.4. The molecule has 4 nitrogen and oxygen atoms in total. The maximum Gasteiger partial charge on any atom is 0.101 e. The molecule has 0 radical (unpaired) electrons. The summed E-state index contributed by atoms with van der Waals surface area (Å²) in [5, 5.41) is 10.3. The highest BCUT2D eigenvalue weighted by Crippen LogP contribution is 2.34. The van der Waals surface area contributed by atoms with Crippen LogP contribution in [0.2, 0.25) is 0 Å². The topological polar surface area (TPSA) is 44.7 Å². The Morgan fingerprint density at radius 2 is 1.72 bits per heavy atom. The summed E-state index contributed by atoms with van der Waals surface area (Å²) in [5.74, 6) is 1.84. The van der Waals surface area contributed by atoms with E-state index in [1.807, 2.05) is 7.05 Å². The van der Waals surface area contributed by atoms with Gasteiger partial charge in [-0.2, -0.15) is 0 Å². The molecule has 0 fully saturated rings. The molecule has 2 N–H and O–H groups in total. The molecular weight excluding hydrogens is 228 g/mol. The largest absolute Gasteiger partial charge is 0.400 e. The summed E-state index contributed by atoms with van der Waals surface area (Å²) in [4.78, 5) is 2.31. The standard InChI is InChI=1S/C11H16N2.C2H6O.CH4O/c1-8-9-6-4-5-7-10(9)13(3)11(8)12-2;1-3-2;1-2/h4-7,9-10,12H,1-3H3;1-2H3;2H,1H3. The first-order chi connectivity index (χ1) is 8.67. The normalized spacial score (nSPS) is 23.8. The maximum absolute atomic E-state index is 7.00. The molecule has 0 saturated heterocycles. The first kappa shape index (κ1) is 16.7. The third-order valence-corrected chi connectivity index (χ3v) is 3.02. The Morgan fingerprint density at radius 1 is 1.22 bits per heavy atom. The quantitative estimate of drug-likeness (QED) is 0.742. The predicted molar refractivity (Wildman–Crippen MR) is 76.2 cm³/mol. The lowest BCUT2D eigenvalue weighted by atomic mass is 9.92. The van der Waals surface area contributed by atoms with Gasteiger partial charge in [0, 0.05) is 41.3 Å². The van der Waals surface area contributed by atoms with Crippen molar-refractivity contribution in [1.82, 2.24) is 10.2 Å². The van der Waals surface area contributed by atoms with E-state index in [1.54, 1.807) is 14.2 Å². The summed E-state index contributed by atoms with van der Waals surface area (Å²) >= 11 is 0. The molecule has 18 heavy (non-hydrogen) atoms. The van der Waals surface area contributed by atoms with Crippen LogP contribution in [0.1, 0.15) is 6.92 Å². The van der Waals surface area contributed by atoms with Gasteiger partial charge in [-0.1, -0.05) is 24.3 Å². The number of rotatable bonds is 1. The van der Waals surface area contributed by atoms with E-state index < -0.39 is 0 Å². The van der Waals surface area contributed by atoms with Crippen molar-refractivity contribution in [3.05, 3.63) is 35.7 Å². The van der Waals surface area contributed by atoms with Crippen molar-refractivity contribution >= 4 is 0 Å². The van der Waals surface area contributed by atoms with Gasteiger partial charge in [0.2, 0.25) is 0 Å². The van der Waals surface area contributed by atoms with Gasteiger partial charge in [-0.3, -0.25) is 0 Å². The van der Waals surface area contributed by atoms with Gasteiger partial charge in [-0.25, -0.2) is 0 Å². The van der Waals surface area contributed by atoms with Gasteiger partial charge < -0.3 is 20.1 Å². The molecule has 2 aliphatic rings. The van der Waals surface area contributed by atoms with Gasteiger partial charge in [-0.05, 0) is 12.5 Å². The van der Waals surface area contributed by atoms with Gasteiger partial charge >= 0.3 is 0 Å². The second-order valence-electron chi connectivity index (χ2n) is 4.09. The minimum atomic E-state index is 0.521. The Bertz CT molecular complexity index is 322. The minimum Gasteiger partial charge on any atom is -0.400 e. The third kappa shape index (κ3) is 3.62. The lowest BCUT2D eigenvalue weighted by molar-refractivity contribution is 0.277. The first-order valence-corrected chi connectivity index (χ1v) is 5.98. The molecule has 1 aliphatic heterocycles. The molecular formula is C14H26N2O2. The van der Waals surface area contributed by atoms with E-state index in [0.717, 1.165) is 7.11 Å². The van der Waals surface area contributed by atoms with Crippen LogP contribution in [-0.2, 0) is 4.74 Å². The monoisotopic (exact) mass is 254 g/mol. The second kappa shape index (κ2) is 8.78. The average Bonchev–Trinajstić information content (AvgIpc) is 2.66. The lowest BCUT2D eigenvalue weighted by Gasteiger charge is -2.26. The van der Waals surface area contributed by atoms with Crippen LogP contribution in [0.4, 0.5) is 0 Å². The van der Waals surface area contributed by atoms with Crippen LogP contribution in [0, 0.1) is 5.92 Å². The smallest absolute Gasteiger partial charge is 0.101 e. The summed E-state index contributed by atoms with van der Waals surface area (Å²) in [6, 6.07) is 0.521. The number of likely N-dealkylation sites (N-methyl/N-ethyl adjacent to an activating group) is 1. The van der Waals surface area contributed by atoms with Crippen molar-refractivity contribution in [3.8, 4) is 0 Å². The van der Waals surface area contributed by atoms with Crippen LogP contribution >= 0.6 is 0 Å². The van der Waals surface area contributed by atoms with Crippen LogP contribution in [0.3, 0.4) is 0 Å². The molecule has 2 atom stereocenters. The van der Waals surface area contributed by atoms with Crippen molar-refractivity contribution in [1.29, 1.82) is 0 Å². The zero-order valence-electron chi connectivity index (χ0n) is 12.3. The number of aliphatic hydroxyl groups is 1. The highest BCUT2D eigenvalue weighted by Gasteiger charge is 2.33. The molecule has 4 heteroatoms. The Hall–Kier alpha value is -1.26.